The first-order valence-corrected chi connectivity index (χ1v) is 15.2. The number of amides is 2. The Kier molecular flexibility index (Phi) is 9.78. The Balaban J connectivity index is 1.30. The zero-order valence-corrected chi connectivity index (χ0v) is 26.4. The Hall–Kier alpha value is -4.45. The number of carbonyl (C=O) groups excluding carboxylic acids is 2. The molecule has 2 fully saturated rings. The number of benzene rings is 2. The summed E-state index contributed by atoms with van der Waals surface area (Å²) >= 11 is 6.51. The van der Waals surface area contributed by atoms with E-state index in [4.69, 9.17) is 21.1 Å². The molecule has 2 aliphatic heterocycles. The van der Waals surface area contributed by atoms with Gasteiger partial charge in [0.25, 0.3) is 0 Å². The number of piperazine rings is 2. The summed E-state index contributed by atoms with van der Waals surface area (Å²) < 4.78 is 11.7. The van der Waals surface area contributed by atoms with Crippen molar-refractivity contribution in [2.24, 2.45) is 0 Å². The number of carbonyl (C=O) groups is 2. The highest BCUT2D eigenvalue weighted by molar-refractivity contribution is 6.33. The van der Waals surface area contributed by atoms with Gasteiger partial charge in [0.05, 0.1) is 31.3 Å². The number of rotatable bonds is 9. The van der Waals surface area contributed by atoms with E-state index in [0.29, 0.717) is 66.8 Å². The summed E-state index contributed by atoms with van der Waals surface area (Å²) in [5.74, 6) is 2.28. The molecule has 2 aliphatic rings. The molecule has 2 aromatic carbocycles. The molecule has 1 aromatic heterocycles. The van der Waals surface area contributed by atoms with E-state index < -0.39 is 0 Å². The number of halogens is 1. The van der Waals surface area contributed by atoms with Crippen LogP contribution >= 0.6 is 11.6 Å². The van der Waals surface area contributed by atoms with Crippen LogP contribution in [0.3, 0.4) is 0 Å². The fourth-order valence-corrected chi connectivity index (χ4v) is 5.53. The fraction of sp³-hybridized carbons (Fsp3) is 0.419. The highest BCUT2D eigenvalue weighted by atomic mass is 35.5. The SMILES string of the molecule is CCOc1cc(N2CCN(C(C)=O)CC2)ccc1Nc1nc(Nc2ccc(N3CCN(C(C)=O)CC3)cc2OC)ncc1Cl. The van der Waals surface area contributed by atoms with Crippen LogP contribution < -0.4 is 29.9 Å². The molecule has 2 N–H and O–H groups in total. The molecule has 44 heavy (non-hydrogen) atoms. The number of nitrogens with one attached hydrogen (secondary N) is 2. The number of nitrogens with zero attached hydrogens (tertiary/aromatic N) is 6. The monoisotopic (exact) mass is 622 g/mol. The highest BCUT2D eigenvalue weighted by Crippen LogP contribution is 2.36. The van der Waals surface area contributed by atoms with Gasteiger partial charge in [0.15, 0.2) is 5.82 Å². The molecular formula is C31H39ClN8O4. The molecule has 234 valence electrons. The highest BCUT2D eigenvalue weighted by Gasteiger charge is 2.22. The first kappa shape index (κ1) is 31.0. The average Bonchev–Trinajstić information content (AvgIpc) is 3.03. The Morgan fingerprint density at radius 1 is 0.818 bits per heavy atom. The number of aromatic nitrogens is 2. The van der Waals surface area contributed by atoms with Crippen molar-refractivity contribution < 1.29 is 19.1 Å². The minimum absolute atomic E-state index is 0.102. The lowest BCUT2D eigenvalue weighted by atomic mass is 10.2. The van der Waals surface area contributed by atoms with Crippen LogP contribution in [0, 0.1) is 0 Å². The zero-order valence-electron chi connectivity index (χ0n) is 25.6. The zero-order chi connectivity index (χ0) is 31.2. The summed E-state index contributed by atoms with van der Waals surface area (Å²) in [6, 6.07) is 11.9. The standard InChI is InChI=1S/C31H39ClN8O4/c1-5-44-29-19-24(40-16-12-38(13-17-40)22(3)42)7-9-27(29)34-30-25(32)20-33-31(36-30)35-26-8-6-23(18-28(26)43-4)39-14-10-37(11-15-39)21(2)41/h6-9,18-20H,5,10-17H2,1-4H3,(H2,33,34,35,36). The maximum absolute atomic E-state index is 11.7. The normalized spacial score (nSPS) is 15.2. The van der Waals surface area contributed by atoms with Crippen molar-refractivity contribution in [3.05, 3.63) is 47.6 Å². The molecule has 3 heterocycles. The Bertz CT molecular complexity index is 1490. The lowest BCUT2D eigenvalue weighted by molar-refractivity contribution is -0.129. The van der Waals surface area contributed by atoms with E-state index in [2.05, 4.69) is 30.4 Å². The van der Waals surface area contributed by atoms with Crippen molar-refractivity contribution in [3.8, 4) is 11.5 Å². The van der Waals surface area contributed by atoms with E-state index in [9.17, 15) is 9.59 Å². The first-order valence-electron chi connectivity index (χ1n) is 14.8. The average molecular weight is 623 g/mol. The largest absolute Gasteiger partial charge is 0.494 e. The third-order valence-corrected chi connectivity index (χ3v) is 8.15. The van der Waals surface area contributed by atoms with Crippen LogP contribution in [-0.4, -0.2) is 97.7 Å². The summed E-state index contributed by atoms with van der Waals surface area (Å²) in [5.41, 5.74) is 3.46. The van der Waals surface area contributed by atoms with Crippen LogP contribution in [0.4, 0.5) is 34.5 Å². The van der Waals surface area contributed by atoms with Gasteiger partial charge in [-0.25, -0.2) is 4.98 Å². The van der Waals surface area contributed by atoms with Gasteiger partial charge >= 0.3 is 0 Å². The van der Waals surface area contributed by atoms with Gasteiger partial charge in [-0.15, -0.1) is 0 Å². The topological polar surface area (TPSA) is 115 Å². The summed E-state index contributed by atoms with van der Waals surface area (Å²) in [5, 5.41) is 6.92. The minimum Gasteiger partial charge on any atom is -0.494 e. The molecule has 0 bridgehead atoms. The van der Waals surface area contributed by atoms with Crippen molar-refractivity contribution >= 4 is 57.9 Å². The lowest BCUT2D eigenvalue weighted by Crippen LogP contribution is -2.48. The first-order chi connectivity index (χ1) is 21.2. The smallest absolute Gasteiger partial charge is 0.229 e. The van der Waals surface area contributed by atoms with Crippen molar-refractivity contribution in [3.63, 3.8) is 0 Å². The van der Waals surface area contributed by atoms with Gasteiger partial charge in [-0.2, -0.15) is 4.98 Å². The van der Waals surface area contributed by atoms with E-state index >= 15 is 0 Å². The van der Waals surface area contributed by atoms with Crippen LogP contribution in [0.5, 0.6) is 11.5 Å². The molecule has 0 atom stereocenters. The third kappa shape index (κ3) is 7.19. The molecule has 0 saturated carbocycles. The number of methoxy groups -OCH3 is 1. The Labute approximate surface area is 262 Å². The van der Waals surface area contributed by atoms with Crippen molar-refractivity contribution in [2.75, 3.05) is 86.5 Å². The minimum atomic E-state index is 0.102. The second kappa shape index (κ2) is 13.9. The maximum atomic E-state index is 11.7. The van der Waals surface area contributed by atoms with Crippen LogP contribution in [-0.2, 0) is 9.59 Å². The molecule has 12 nitrogen and oxygen atoms in total. The molecular weight excluding hydrogens is 584 g/mol. The van der Waals surface area contributed by atoms with Gasteiger partial charge in [0.1, 0.15) is 16.5 Å². The van der Waals surface area contributed by atoms with Gasteiger partial charge in [-0.05, 0) is 31.2 Å². The van der Waals surface area contributed by atoms with Gasteiger partial charge in [-0.1, -0.05) is 11.6 Å². The molecule has 3 aromatic rings. The van der Waals surface area contributed by atoms with Gasteiger partial charge < -0.3 is 39.7 Å². The van der Waals surface area contributed by atoms with E-state index in [1.165, 1.54) is 6.20 Å². The lowest BCUT2D eigenvalue weighted by Gasteiger charge is -2.35. The predicted octanol–water partition coefficient (Wildman–Crippen LogP) is 4.36. The number of hydrogen-bond donors (Lipinski definition) is 2. The van der Waals surface area contributed by atoms with Crippen LogP contribution in [0.2, 0.25) is 5.02 Å². The number of anilines is 6. The van der Waals surface area contributed by atoms with Crippen LogP contribution in [0.25, 0.3) is 0 Å². The Morgan fingerprint density at radius 3 is 1.84 bits per heavy atom. The number of hydrogen-bond acceptors (Lipinski definition) is 10. The number of ether oxygens (including phenoxy) is 2. The molecule has 0 unspecified atom stereocenters. The van der Waals surface area contributed by atoms with Gasteiger partial charge in [0, 0.05) is 89.7 Å². The molecule has 2 amide bonds. The van der Waals surface area contributed by atoms with Crippen LogP contribution in [0.15, 0.2) is 42.6 Å². The molecule has 0 spiro atoms. The quantitative estimate of drug-likeness (QED) is 0.357. The van der Waals surface area contributed by atoms with E-state index in [1.54, 1.807) is 21.0 Å². The molecule has 5 rings (SSSR count). The molecule has 0 radical (unpaired) electrons. The third-order valence-electron chi connectivity index (χ3n) is 7.87. The van der Waals surface area contributed by atoms with Crippen molar-refractivity contribution in [1.82, 2.24) is 19.8 Å². The summed E-state index contributed by atoms with van der Waals surface area (Å²) in [7, 11) is 1.62. The second-order valence-corrected chi connectivity index (χ2v) is 11.0. The van der Waals surface area contributed by atoms with Crippen molar-refractivity contribution in [1.29, 1.82) is 0 Å². The van der Waals surface area contributed by atoms with Crippen molar-refractivity contribution in [2.45, 2.75) is 20.8 Å². The second-order valence-electron chi connectivity index (χ2n) is 10.6. The Morgan fingerprint density at radius 2 is 1.34 bits per heavy atom. The fourth-order valence-electron chi connectivity index (χ4n) is 5.39. The van der Waals surface area contributed by atoms with E-state index in [-0.39, 0.29) is 11.8 Å². The maximum Gasteiger partial charge on any atom is 0.229 e. The molecule has 0 aliphatic carbocycles. The van der Waals surface area contributed by atoms with Gasteiger partial charge in [-0.3, -0.25) is 9.59 Å². The summed E-state index contributed by atoms with van der Waals surface area (Å²) in [4.78, 5) is 40.6. The molecule has 13 heteroatoms. The summed E-state index contributed by atoms with van der Waals surface area (Å²) in [6.45, 7) is 11.4. The van der Waals surface area contributed by atoms with Gasteiger partial charge in [0.2, 0.25) is 17.8 Å². The molecule has 2 saturated heterocycles. The van der Waals surface area contributed by atoms with Crippen LogP contribution in [0.1, 0.15) is 20.8 Å². The predicted molar refractivity (Wildman–Crippen MR) is 173 cm³/mol. The summed E-state index contributed by atoms with van der Waals surface area (Å²) in [6.07, 6.45) is 1.54. The van der Waals surface area contributed by atoms with E-state index in [1.807, 2.05) is 53.1 Å². The van der Waals surface area contributed by atoms with E-state index in [0.717, 1.165) is 43.2 Å².